The van der Waals surface area contributed by atoms with E-state index in [0.717, 1.165) is 22.2 Å². The Kier molecular flexibility index (Phi) is 6.81. The van der Waals surface area contributed by atoms with Gasteiger partial charge >= 0.3 is 10.1 Å². The van der Waals surface area contributed by atoms with Crippen molar-refractivity contribution in [2.24, 2.45) is 0 Å². The van der Waals surface area contributed by atoms with Crippen LogP contribution in [0.3, 0.4) is 0 Å². The number of hydrogen-bond donors (Lipinski definition) is 0. The zero-order valence-electron chi connectivity index (χ0n) is 16.8. The first-order chi connectivity index (χ1) is 15.7. The lowest BCUT2D eigenvalue weighted by Gasteiger charge is -2.12. The molecule has 0 saturated carbocycles. The molecular formula is C23H15Cl2NO5S2. The Labute approximate surface area is 204 Å². The highest BCUT2D eigenvalue weighted by Gasteiger charge is 2.35. The Balaban J connectivity index is 1.52. The van der Waals surface area contributed by atoms with E-state index in [1.807, 2.05) is 0 Å². The molecule has 0 aromatic heterocycles. The summed E-state index contributed by atoms with van der Waals surface area (Å²) in [6.45, 7) is 0.127. The van der Waals surface area contributed by atoms with E-state index < -0.39 is 16.0 Å². The van der Waals surface area contributed by atoms with Gasteiger partial charge in [-0.25, -0.2) is 0 Å². The monoisotopic (exact) mass is 519 g/mol. The zero-order chi connectivity index (χ0) is 23.6. The van der Waals surface area contributed by atoms with Gasteiger partial charge in [0, 0.05) is 10.0 Å². The number of benzene rings is 3. The molecule has 3 aromatic rings. The van der Waals surface area contributed by atoms with Gasteiger partial charge in [-0.3, -0.25) is 14.5 Å². The fraction of sp³-hybridized carbons (Fsp3) is 0.0435. The molecule has 10 heteroatoms. The molecule has 0 unspecified atom stereocenters. The van der Waals surface area contributed by atoms with E-state index in [4.69, 9.17) is 27.4 Å². The fourth-order valence-corrected chi connectivity index (χ4v) is 5.01. The molecule has 0 radical (unpaired) electrons. The lowest BCUT2D eigenvalue weighted by atomic mass is 10.2. The highest BCUT2D eigenvalue weighted by atomic mass is 35.5. The van der Waals surface area contributed by atoms with Gasteiger partial charge < -0.3 is 4.18 Å². The molecule has 1 aliphatic rings. The van der Waals surface area contributed by atoms with Crippen molar-refractivity contribution in [3.63, 3.8) is 0 Å². The van der Waals surface area contributed by atoms with E-state index in [1.165, 1.54) is 42.5 Å². The molecule has 168 valence electrons. The Bertz CT molecular complexity index is 1350. The first-order valence-corrected chi connectivity index (χ1v) is 12.5. The van der Waals surface area contributed by atoms with Crippen LogP contribution in [0.2, 0.25) is 10.0 Å². The van der Waals surface area contributed by atoms with Crippen molar-refractivity contribution in [3.8, 4) is 5.75 Å². The summed E-state index contributed by atoms with van der Waals surface area (Å²) in [4.78, 5) is 26.5. The minimum atomic E-state index is -4.06. The molecule has 0 spiro atoms. The van der Waals surface area contributed by atoms with Gasteiger partial charge in [-0.15, -0.1) is 0 Å². The van der Waals surface area contributed by atoms with Gasteiger partial charge in [0.05, 0.1) is 11.4 Å². The molecule has 0 atom stereocenters. The summed E-state index contributed by atoms with van der Waals surface area (Å²) in [5, 5.41) is 0.577. The number of halogens is 2. The summed E-state index contributed by atoms with van der Waals surface area (Å²) in [5.74, 6) is -0.362. The predicted octanol–water partition coefficient (Wildman–Crippen LogP) is 6.00. The van der Waals surface area contributed by atoms with Gasteiger partial charge in [0.25, 0.3) is 11.1 Å². The number of carbonyl (C=O) groups is 2. The van der Waals surface area contributed by atoms with Gasteiger partial charge in [0.1, 0.15) is 10.6 Å². The van der Waals surface area contributed by atoms with Crippen molar-refractivity contribution < 1.29 is 22.2 Å². The lowest BCUT2D eigenvalue weighted by molar-refractivity contribution is -0.123. The molecule has 1 aliphatic heterocycles. The number of nitrogens with zero attached hydrogens (tertiary/aromatic N) is 1. The normalized spacial score (nSPS) is 15.3. The van der Waals surface area contributed by atoms with Gasteiger partial charge in [-0.1, -0.05) is 47.5 Å². The van der Waals surface area contributed by atoms with Gasteiger partial charge in [-0.2, -0.15) is 8.42 Å². The molecule has 2 amide bonds. The second-order valence-electron chi connectivity index (χ2n) is 6.96. The second kappa shape index (κ2) is 9.61. The van der Waals surface area contributed by atoms with E-state index in [9.17, 15) is 18.0 Å². The van der Waals surface area contributed by atoms with Gasteiger partial charge in [0.2, 0.25) is 0 Å². The molecular weight excluding hydrogens is 505 g/mol. The maximum absolute atomic E-state index is 12.8. The SMILES string of the molecule is O=C1S/C(=C\c2cccc(OS(=O)(=O)c3ccc(Cl)cc3)c2)C(=O)N1Cc1ccc(Cl)cc1. The topological polar surface area (TPSA) is 80.8 Å². The van der Waals surface area contributed by atoms with Crippen LogP contribution in [0.4, 0.5) is 4.79 Å². The third-order valence-electron chi connectivity index (χ3n) is 4.59. The van der Waals surface area contributed by atoms with E-state index in [0.29, 0.717) is 15.6 Å². The van der Waals surface area contributed by atoms with Crippen molar-refractivity contribution in [2.75, 3.05) is 0 Å². The number of hydrogen-bond acceptors (Lipinski definition) is 6. The van der Waals surface area contributed by atoms with Crippen molar-refractivity contribution in [2.45, 2.75) is 11.4 Å². The third-order valence-corrected chi connectivity index (χ3v) is 7.26. The van der Waals surface area contributed by atoms with Crippen molar-refractivity contribution in [1.82, 2.24) is 4.90 Å². The van der Waals surface area contributed by atoms with Crippen molar-refractivity contribution in [1.29, 1.82) is 0 Å². The first kappa shape index (κ1) is 23.4. The molecule has 1 fully saturated rings. The van der Waals surface area contributed by atoms with Crippen molar-refractivity contribution in [3.05, 3.63) is 98.9 Å². The average Bonchev–Trinajstić information content (AvgIpc) is 3.03. The Morgan fingerprint density at radius 1 is 0.909 bits per heavy atom. The smallest absolute Gasteiger partial charge is 0.339 e. The van der Waals surface area contributed by atoms with Crippen LogP contribution >= 0.6 is 35.0 Å². The zero-order valence-corrected chi connectivity index (χ0v) is 19.9. The van der Waals surface area contributed by atoms with Crippen LogP contribution in [0.5, 0.6) is 5.75 Å². The largest absolute Gasteiger partial charge is 0.379 e. The lowest BCUT2D eigenvalue weighted by Crippen LogP contribution is -2.27. The van der Waals surface area contributed by atoms with Gasteiger partial charge in [0.15, 0.2) is 0 Å². The Hall–Kier alpha value is -2.78. The van der Waals surface area contributed by atoms with E-state index in [2.05, 4.69) is 0 Å². The molecule has 0 aliphatic carbocycles. The number of carbonyl (C=O) groups excluding carboxylic acids is 2. The van der Waals surface area contributed by atoms with Crippen LogP contribution in [0, 0.1) is 0 Å². The molecule has 1 heterocycles. The van der Waals surface area contributed by atoms with Crippen LogP contribution in [0.1, 0.15) is 11.1 Å². The maximum atomic E-state index is 12.8. The van der Waals surface area contributed by atoms with Crippen LogP contribution in [0.25, 0.3) is 6.08 Å². The number of rotatable bonds is 6. The summed E-state index contributed by atoms with van der Waals surface area (Å²) < 4.78 is 30.2. The van der Waals surface area contributed by atoms with Gasteiger partial charge in [-0.05, 0) is 77.5 Å². The predicted molar refractivity (Wildman–Crippen MR) is 129 cm³/mol. The highest BCUT2D eigenvalue weighted by Crippen LogP contribution is 2.34. The molecule has 33 heavy (non-hydrogen) atoms. The van der Waals surface area contributed by atoms with E-state index in [1.54, 1.807) is 36.4 Å². The molecule has 6 nitrogen and oxygen atoms in total. The van der Waals surface area contributed by atoms with Crippen LogP contribution in [0.15, 0.2) is 82.6 Å². The first-order valence-electron chi connectivity index (χ1n) is 9.51. The third kappa shape index (κ3) is 5.59. The molecule has 0 bridgehead atoms. The summed E-state index contributed by atoms with van der Waals surface area (Å²) in [7, 11) is -4.06. The maximum Gasteiger partial charge on any atom is 0.339 e. The molecule has 3 aromatic carbocycles. The molecule has 0 N–H and O–H groups in total. The average molecular weight is 520 g/mol. The summed E-state index contributed by atoms with van der Waals surface area (Å²) >= 11 is 12.5. The van der Waals surface area contributed by atoms with Crippen LogP contribution < -0.4 is 4.18 Å². The minimum Gasteiger partial charge on any atom is -0.379 e. The summed E-state index contributed by atoms with van der Waals surface area (Å²) in [6, 6.07) is 18.7. The summed E-state index contributed by atoms with van der Waals surface area (Å²) in [6.07, 6.45) is 1.52. The highest BCUT2D eigenvalue weighted by molar-refractivity contribution is 8.18. The second-order valence-corrected chi connectivity index (χ2v) is 10.4. The Morgan fingerprint density at radius 3 is 2.21 bits per heavy atom. The van der Waals surface area contributed by atoms with E-state index >= 15 is 0 Å². The number of amides is 2. The van der Waals surface area contributed by atoms with Crippen LogP contribution in [-0.4, -0.2) is 24.5 Å². The fourth-order valence-electron chi connectivity index (χ4n) is 2.99. The number of imide groups is 1. The minimum absolute atomic E-state index is 0.0411. The molecule has 1 saturated heterocycles. The Morgan fingerprint density at radius 2 is 1.55 bits per heavy atom. The van der Waals surface area contributed by atoms with Crippen LogP contribution in [-0.2, 0) is 21.5 Å². The molecule has 4 rings (SSSR count). The quantitative estimate of drug-likeness (QED) is 0.293. The van der Waals surface area contributed by atoms with E-state index in [-0.39, 0.29) is 27.3 Å². The number of thioether (sulfide) groups is 1. The summed E-state index contributed by atoms with van der Waals surface area (Å²) in [5.41, 5.74) is 1.28. The van der Waals surface area contributed by atoms with Crippen molar-refractivity contribution >= 4 is 62.3 Å². The standard InChI is InChI=1S/C23H15Cl2NO5S2/c24-17-6-4-15(5-7-17)14-26-22(27)21(32-23(26)28)13-16-2-1-3-19(12-16)31-33(29,30)20-10-8-18(25)9-11-20/h1-13H,14H2/b21-13-.